The molecule has 1 atom stereocenters. The van der Waals surface area contributed by atoms with Crippen LogP contribution in [-0.2, 0) is 9.84 Å². The van der Waals surface area contributed by atoms with Gasteiger partial charge in [-0.2, -0.15) is 0 Å². The molecule has 0 unspecified atom stereocenters. The first kappa shape index (κ1) is 13.3. The number of benzene rings is 1. The Kier molecular flexibility index (Phi) is 3.83. The standard InChI is InChI=1S/C10H13NO3S.ClH/c1-15(12,13)7-2-3-10-8(6-7)9(11)4-5-14-10;/h2-3,6,9H,4-5,11H2,1H3;1H/t9-;/m1./s1. The molecule has 0 aliphatic carbocycles. The Bertz CT molecular complexity index is 487. The van der Waals surface area contributed by atoms with Crippen molar-refractivity contribution in [3.05, 3.63) is 23.8 Å². The van der Waals surface area contributed by atoms with Gasteiger partial charge < -0.3 is 10.5 Å². The van der Waals surface area contributed by atoms with E-state index in [1.54, 1.807) is 18.2 Å². The first-order valence-electron chi connectivity index (χ1n) is 4.71. The van der Waals surface area contributed by atoms with Gasteiger partial charge in [0.15, 0.2) is 9.84 Å². The normalized spacial score (nSPS) is 19.2. The number of sulfone groups is 1. The van der Waals surface area contributed by atoms with Gasteiger partial charge in [0.05, 0.1) is 11.5 Å². The minimum absolute atomic E-state index is 0. The van der Waals surface area contributed by atoms with E-state index in [0.717, 1.165) is 12.0 Å². The molecule has 0 radical (unpaired) electrons. The number of fused-ring (bicyclic) bond motifs is 1. The van der Waals surface area contributed by atoms with Gasteiger partial charge in [0.1, 0.15) is 5.75 Å². The molecule has 0 amide bonds. The highest BCUT2D eigenvalue weighted by Gasteiger charge is 2.20. The highest BCUT2D eigenvalue weighted by Crippen LogP contribution is 2.32. The molecule has 1 aromatic carbocycles. The van der Waals surface area contributed by atoms with Crippen molar-refractivity contribution in [2.75, 3.05) is 12.9 Å². The molecule has 2 N–H and O–H groups in total. The number of rotatable bonds is 1. The summed E-state index contributed by atoms with van der Waals surface area (Å²) in [7, 11) is -3.17. The fraction of sp³-hybridized carbons (Fsp3) is 0.400. The van der Waals surface area contributed by atoms with Crippen LogP contribution in [0.3, 0.4) is 0 Å². The van der Waals surface area contributed by atoms with Crippen LogP contribution in [0.5, 0.6) is 5.75 Å². The predicted octanol–water partition coefficient (Wildman–Crippen LogP) is 1.29. The molecule has 1 heterocycles. The summed E-state index contributed by atoms with van der Waals surface area (Å²) in [6, 6.07) is 4.70. The van der Waals surface area contributed by atoms with Crippen LogP contribution in [0.1, 0.15) is 18.0 Å². The molecule has 16 heavy (non-hydrogen) atoms. The maximum Gasteiger partial charge on any atom is 0.175 e. The third-order valence-corrected chi connectivity index (χ3v) is 3.61. The van der Waals surface area contributed by atoms with Gasteiger partial charge in [-0.1, -0.05) is 0 Å². The van der Waals surface area contributed by atoms with Crippen LogP contribution in [0.4, 0.5) is 0 Å². The van der Waals surface area contributed by atoms with Crippen molar-refractivity contribution in [3.63, 3.8) is 0 Å². The summed E-state index contributed by atoms with van der Waals surface area (Å²) in [6.07, 6.45) is 1.91. The fourth-order valence-corrected chi connectivity index (χ4v) is 2.29. The largest absolute Gasteiger partial charge is 0.493 e. The first-order valence-corrected chi connectivity index (χ1v) is 6.60. The maximum absolute atomic E-state index is 11.3. The van der Waals surface area contributed by atoms with E-state index in [4.69, 9.17) is 10.5 Å². The number of ether oxygens (including phenoxy) is 1. The smallest absolute Gasteiger partial charge is 0.175 e. The predicted molar refractivity (Wildman–Crippen MR) is 63.8 cm³/mol. The SMILES string of the molecule is CS(=O)(=O)c1ccc2c(c1)[C@H](N)CCO2.Cl. The molecule has 0 bridgehead atoms. The molecule has 0 aromatic heterocycles. The summed E-state index contributed by atoms with van der Waals surface area (Å²) in [6.45, 7) is 0.590. The topological polar surface area (TPSA) is 69.4 Å². The summed E-state index contributed by atoms with van der Waals surface area (Å²) in [5, 5.41) is 0. The van der Waals surface area contributed by atoms with Crippen molar-refractivity contribution in [2.24, 2.45) is 5.73 Å². The van der Waals surface area contributed by atoms with Crippen molar-refractivity contribution < 1.29 is 13.2 Å². The van der Waals surface area contributed by atoms with Crippen LogP contribution < -0.4 is 10.5 Å². The lowest BCUT2D eigenvalue weighted by molar-refractivity contribution is 0.268. The Morgan fingerprint density at radius 3 is 2.75 bits per heavy atom. The molecule has 6 heteroatoms. The Morgan fingerprint density at radius 2 is 2.12 bits per heavy atom. The van der Waals surface area contributed by atoms with Crippen molar-refractivity contribution in [1.82, 2.24) is 0 Å². The Morgan fingerprint density at radius 1 is 1.44 bits per heavy atom. The second-order valence-corrected chi connectivity index (χ2v) is 5.73. The van der Waals surface area contributed by atoms with Crippen molar-refractivity contribution >= 4 is 22.2 Å². The number of hydrogen-bond donors (Lipinski definition) is 1. The minimum Gasteiger partial charge on any atom is -0.493 e. The summed E-state index contributed by atoms with van der Waals surface area (Å²) >= 11 is 0. The Hall–Kier alpha value is -0.780. The van der Waals surface area contributed by atoms with Gasteiger partial charge in [-0.05, 0) is 18.2 Å². The lowest BCUT2D eigenvalue weighted by Gasteiger charge is -2.23. The highest BCUT2D eigenvalue weighted by molar-refractivity contribution is 7.90. The zero-order chi connectivity index (χ0) is 11.1. The molecule has 1 aliphatic heterocycles. The molecule has 0 fully saturated rings. The van der Waals surface area contributed by atoms with Crippen LogP contribution in [0, 0.1) is 0 Å². The zero-order valence-corrected chi connectivity index (χ0v) is 10.5. The molecule has 0 saturated heterocycles. The van der Waals surface area contributed by atoms with E-state index in [2.05, 4.69) is 0 Å². The van der Waals surface area contributed by atoms with Crippen LogP contribution in [0.25, 0.3) is 0 Å². The fourth-order valence-electron chi connectivity index (χ4n) is 1.63. The Balaban J connectivity index is 0.00000128. The summed E-state index contributed by atoms with van der Waals surface area (Å²) in [5.74, 6) is 0.696. The number of halogens is 1. The monoisotopic (exact) mass is 263 g/mol. The second-order valence-electron chi connectivity index (χ2n) is 3.72. The third-order valence-electron chi connectivity index (χ3n) is 2.50. The molecule has 90 valence electrons. The van der Waals surface area contributed by atoms with Crippen LogP contribution in [-0.4, -0.2) is 21.3 Å². The quantitative estimate of drug-likeness (QED) is 0.829. The first-order chi connectivity index (χ1) is 6.98. The van der Waals surface area contributed by atoms with E-state index in [1.165, 1.54) is 6.26 Å². The average molecular weight is 264 g/mol. The van der Waals surface area contributed by atoms with Gasteiger partial charge in [0.2, 0.25) is 0 Å². The molecular formula is C10H14ClNO3S. The Labute approximate surface area is 101 Å². The van der Waals surface area contributed by atoms with Gasteiger partial charge in [-0.3, -0.25) is 0 Å². The highest BCUT2D eigenvalue weighted by atomic mass is 35.5. The molecule has 1 aromatic rings. The van der Waals surface area contributed by atoms with Crippen molar-refractivity contribution in [1.29, 1.82) is 0 Å². The molecule has 0 saturated carbocycles. The van der Waals surface area contributed by atoms with E-state index in [0.29, 0.717) is 17.3 Å². The molecule has 0 spiro atoms. The minimum atomic E-state index is -3.17. The van der Waals surface area contributed by atoms with Crippen LogP contribution >= 0.6 is 12.4 Å². The van der Waals surface area contributed by atoms with Gasteiger partial charge in [0.25, 0.3) is 0 Å². The summed E-state index contributed by atoms with van der Waals surface area (Å²) in [4.78, 5) is 0.294. The number of nitrogens with two attached hydrogens (primary N) is 1. The van der Waals surface area contributed by atoms with Gasteiger partial charge >= 0.3 is 0 Å². The average Bonchev–Trinajstić information content (AvgIpc) is 2.16. The van der Waals surface area contributed by atoms with Gasteiger partial charge in [-0.25, -0.2) is 8.42 Å². The van der Waals surface area contributed by atoms with Crippen LogP contribution in [0.2, 0.25) is 0 Å². The van der Waals surface area contributed by atoms with E-state index in [9.17, 15) is 8.42 Å². The molecular weight excluding hydrogens is 250 g/mol. The van der Waals surface area contributed by atoms with Gasteiger partial charge in [-0.15, -0.1) is 12.4 Å². The van der Waals surface area contributed by atoms with Crippen molar-refractivity contribution in [3.8, 4) is 5.75 Å². The third kappa shape index (κ3) is 2.48. The molecule has 4 nitrogen and oxygen atoms in total. The van der Waals surface area contributed by atoms with E-state index < -0.39 is 9.84 Å². The van der Waals surface area contributed by atoms with Crippen molar-refractivity contribution in [2.45, 2.75) is 17.4 Å². The van der Waals surface area contributed by atoms with E-state index >= 15 is 0 Å². The summed E-state index contributed by atoms with van der Waals surface area (Å²) in [5.41, 5.74) is 6.67. The number of hydrogen-bond acceptors (Lipinski definition) is 4. The summed E-state index contributed by atoms with van der Waals surface area (Å²) < 4.78 is 28.1. The lowest BCUT2D eigenvalue weighted by atomic mass is 10.0. The molecule has 1 aliphatic rings. The van der Waals surface area contributed by atoms with Crippen LogP contribution in [0.15, 0.2) is 23.1 Å². The molecule has 2 rings (SSSR count). The zero-order valence-electron chi connectivity index (χ0n) is 8.84. The van der Waals surface area contributed by atoms with E-state index in [1.807, 2.05) is 0 Å². The maximum atomic E-state index is 11.3. The van der Waals surface area contributed by atoms with Gasteiger partial charge in [0, 0.05) is 24.3 Å². The van der Waals surface area contributed by atoms with E-state index in [-0.39, 0.29) is 18.4 Å². The second kappa shape index (κ2) is 4.61. The lowest BCUT2D eigenvalue weighted by Crippen LogP contribution is -2.20.